The lowest BCUT2D eigenvalue weighted by atomic mass is 10.3. The number of ketones is 1. The molecule has 0 radical (unpaired) electrons. The van der Waals surface area contributed by atoms with Crippen molar-refractivity contribution in [2.75, 3.05) is 5.75 Å². The van der Waals surface area contributed by atoms with E-state index in [9.17, 15) is 19.2 Å². The van der Waals surface area contributed by atoms with Gasteiger partial charge in [0.1, 0.15) is 5.78 Å². The standard InChI is InChI=1S/C13H20O6S/c1-9(14)5-4-8-20-13(17)7-6-12(16)19-11(3)18-10(2)15/h11H,4-8H2,1-3H3. The number of carbonyl (C=O) groups excluding carboxylic acids is 4. The van der Waals surface area contributed by atoms with Gasteiger partial charge in [0.25, 0.3) is 0 Å². The molecule has 0 bridgehead atoms. The summed E-state index contributed by atoms with van der Waals surface area (Å²) in [6.07, 6.45) is 0.181. The summed E-state index contributed by atoms with van der Waals surface area (Å²) in [4.78, 5) is 44.1. The number of carbonyl (C=O) groups is 4. The Kier molecular flexibility index (Phi) is 9.71. The highest BCUT2D eigenvalue weighted by Gasteiger charge is 2.13. The first-order valence-electron chi connectivity index (χ1n) is 6.33. The average molecular weight is 304 g/mol. The van der Waals surface area contributed by atoms with E-state index in [0.29, 0.717) is 18.6 Å². The Balaban J connectivity index is 3.70. The molecule has 0 saturated carbocycles. The van der Waals surface area contributed by atoms with Crippen molar-refractivity contribution in [2.45, 2.75) is 52.7 Å². The maximum Gasteiger partial charge on any atom is 0.309 e. The molecule has 0 fully saturated rings. The van der Waals surface area contributed by atoms with Crippen molar-refractivity contribution >= 4 is 34.6 Å². The highest BCUT2D eigenvalue weighted by molar-refractivity contribution is 8.13. The molecule has 7 heteroatoms. The van der Waals surface area contributed by atoms with Gasteiger partial charge in [-0.25, -0.2) is 0 Å². The van der Waals surface area contributed by atoms with E-state index in [1.807, 2.05) is 0 Å². The number of rotatable bonds is 9. The van der Waals surface area contributed by atoms with Crippen LogP contribution < -0.4 is 0 Å². The van der Waals surface area contributed by atoms with Gasteiger partial charge in [0.2, 0.25) is 6.29 Å². The topological polar surface area (TPSA) is 86.7 Å². The fraction of sp³-hybridized carbons (Fsp3) is 0.692. The third-order valence-corrected chi connectivity index (χ3v) is 3.12. The normalized spacial score (nSPS) is 11.6. The summed E-state index contributed by atoms with van der Waals surface area (Å²) < 4.78 is 9.41. The molecular formula is C13H20O6S. The van der Waals surface area contributed by atoms with E-state index in [1.54, 1.807) is 0 Å². The van der Waals surface area contributed by atoms with Crippen LogP contribution >= 0.6 is 11.8 Å². The zero-order valence-electron chi connectivity index (χ0n) is 12.0. The van der Waals surface area contributed by atoms with E-state index in [1.165, 1.54) is 20.8 Å². The van der Waals surface area contributed by atoms with Crippen LogP contribution in [0.3, 0.4) is 0 Å². The van der Waals surface area contributed by atoms with Crippen LogP contribution in [0.25, 0.3) is 0 Å². The SMILES string of the molecule is CC(=O)CCCSC(=O)CCC(=O)OC(C)OC(C)=O. The monoisotopic (exact) mass is 304 g/mol. The fourth-order valence-electron chi connectivity index (χ4n) is 1.29. The van der Waals surface area contributed by atoms with Crippen LogP contribution in [0.1, 0.15) is 46.5 Å². The van der Waals surface area contributed by atoms with Crippen molar-refractivity contribution in [1.82, 2.24) is 0 Å². The smallest absolute Gasteiger partial charge is 0.309 e. The van der Waals surface area contributed by atoms with Gasteiger partial charge in [-0.15, -0.1) is 0 Å². The number of thioether (sulfide) groups is 1. The van der Waals surface area contributed by atoms with Gasteiger partial charge in [-0.2, -0.15) is 0 Å². The summed E-state index contributed by atoms with van der Waals surface area (Å²) in [6.45, 7) is 4.15. The van der Waals surface area contributed by atoms with Crippen molar-refractivity contribution in [3.8, 4) is 0 Å². The molecule has 0 aliphatic carbocycles. The minimum atomic E-state index is -0.946. The van der Waals surface area contributed by atoms with Gasteiger partial charge in [0, 0.05) is 32.4 Å². The molecule has 0 rings (SSSR count). The molecule has 0 aliphatic heterocycles. The van der Waals surface area contributed by atoms with Crippen molar-refractivity contribution in [3.63, 3.8) is 0 Å². The van der Waals surface area contributed by atoms with Crippen LogP contribution in [0.2, 0.25) is 0 Å². The van der Waals surface area contributed by atoms with Gasteiger partial charge in [-0.3, -0.25) is 14.4 Å². The highest BCUT2D eigenvalue weighted by atomic mass is 32.2. The number of ether oxygens (including phenoxy) is 2. The Hall–Kier alpha value is -1.37. The molecule has 1 atom stereocenters. The maximum absolute atomic E-state index is 11.4. The van der Waals surface area contributed by atoms with Gasteiger partial charge in [-0.05, 0) is 13.3 Å². The third-order valence-electron chi connectivity index (χ3n) is 2.10. The summed E-state index contributed by atoms with van der Waals surface area (Å²) in [5.41, 5.74) is 0. The first kappa shape index (κ1) is 18.6. The number of hydrogen-bond acceptors (Lipinski definition) is 7. The molecule has 0 N–H and O–H groups in total. The molecule has 20 heavy (non-hydrogen) atoms. The Morgan fingerprint density at radius 2 is 1.65 bits per heavy atom. The van der Waals surface area contributed by atoms with Crippen molar-refractivity contribution in [2.24, 2.45) is 0 Å². The van der Waals surface area contributed by atoms with E-state index >= 15 is 0 Å². The molecule has 114 valence electrons. The second-order valence-corrected chi connectivity index (χ2v) is 5.35. The van der Waals surface area contributed by atoms with E-state index in [0.717, 1.165) is 11.8 Å². The van der Waals surface area contributed by atoms with Gasteiger partial charge in [0.15, 0.2) is 5.12 Å². The molecule has 0 saturated heterocycles. The summed E-state index contributed by atoms with van der Waals surface area (Å²) in [6, 6.07) is 0. The van der Waals surface area contributed by atoms with Gasteiger partial charge in [0.05, 0.1) is 6.42 Å². The Labute approximate surface area is 122 Å². The first-order chi connectivity index (χ1) is 9.31. The maximum atomic E-state index is 11.4. The minimum Gasteiger partial charge on any atom is -0.426 e. The summed E-state index contributed by atoms with van der Waals surface area (Å²) in [5, 5.41) is -0.120. The molecule has 0 aromatic heterocycles. The lowest BCUT2D eigenvalue weighted by Crippen LogP contribution is -2.20. The second-order valence-electron chi connectivity index (χ2n) is 4.19. The second kappa shape index (κ2) is 10.4. The Bertz CT molecular complexity index is 366. The zero-order valence-corrected chi connectivity index (χ0v) is 12.8. The van der Waals surface area contributed by atoms with Crippen LogP contribution in [0.5, 0.6) is 0 Å². The molecule has 1 unspecified atom stereocenters. The lowest BCUT2D eigenvalue weighted by molar-refractivity contribution is -0.183. The summed E-state index contributed by atoms with van der Waals surface area (Å²) in [5.74, 6) is -0.461. The van der Waals surface area contributed by atoms with Crippen molar-refractivity contribution in [1.29, 1.82) is 0 Å². The third kappa shape index (κ3) is 11.7. The first-order valence-corrected chi connectivity index (χ1v) is 7.31. The van der Waals surface area contributed by atoms with Gasteiger partial charge in [-0.1, -0.05) is 11.8 Å². The van der Waals surface area contributed by atoms with Crippen molar-refractivity contribution < 1.29 is 28.7 Å². The van der Waals surface area contributed by atoms with Crippen LogP contribution in [-0.4, -0.2) is 34.9 Å². The van der Waals surface area contributed by atoms with E-state index in [-0.39, 0.29) is 23.7 Å². The summed E-state index contributed by atoms with van der Waals surface area (Å²) in [7, 11) is 0. The molecule has 0 amide bonds. The minimum absolute atomic E-state index is 0.0514. The van der Waals surface area contributed by atoms with Gasteiger partial charge < -0.3 is 14.3 Å². The van der Waals surface area contributed by atoms with Crippen LogP contribution in [0.4, 0.5) is 0 Å². The van der Waals surface area contributed by atoms with Gasteiger partial charge >= 0.3 is 11.9 Å². The predicted octanol–water partition coefficient (Wildman–Crippen LogP) is 1.85. The van der Waals surface area contributed by atoms with E-state index in [2.05, 4.69) is 4.74 Å². The fourth-order valence-corrected chi connectivity index (χ4v) is 2.05. The van der Waals surface area contributed by atoms with Crippen molar-refractivity contribution in [3.05, 3.63) is 0 Å². The van der Waals surface area contributed by atoms with E-state index < -0.39 is 18.2 Å². The van der Waals surface area contributed by atoms with Crippen LogP contribution in [-0.2, 0) is 28.7 Å². The Morgan fingerprint density at radius 3 is 2.20 bits per heavy atom. The van der Waals surface area contributed by atoms with Crippen LogP contribution in [0, 0.1) is 0 Å². The number of esters is 2. The number of hydrogen-bond donors (Lipinski definition) is 0. The average Bonchev–Trinajstić information content (AvgIpc) is 2.30. The highest BCUT2D eigenvalue weighted by Crippen LogP contribution is 2.11. The molecular weight excluding hydrogens is 284 g/mol. The number of Topliss-reactive ketones (excluding diaryl/α,β-unsaturated/α-hetero) is 1. The molecule has 6 nitrogen and oxygen atoms in total. The molecule has 0 heterocycles. The Morgan fingerprint density at radius 1 is 1.00 bits per heavy atom. The lowest BCUT2D eigenvalue weighted by Gasteiger charge is -2.12. The molecule has 0 aliphatic rings. The molecule has 0 spiro atoms. The quantitative estimate of drug-likeness (QED) is 0.365. The van der Waals surface area contributed by atoms with Crippen LogP contribution in [0.15, 0.2) is 0 Å². The van der Waals surface area contributed by atoms with E-state index in [4.69, 9.17) is 4.74 Å². The molecule has 0 aromatic rings. The largest absolute Gasteiger partial charge is 0.426 e. The summed E-state index contributed by atoms with van der Waals surface area (Å²) >= 11 is 1.11. The zero-order chi connectivity index (χ0) is 15.5. The predicted molar refractivity (Wildman–Crippen MR) is 73.9 cm³/mol. The molecule has 0 aromatic carbocycles.